The number of aryl methyl sites for hydroxylation is 1. The number of amides is 1. The topological polar surface area (TPSA) is 32.8 Å². The van der Waals surface area contributed by atoms with Gasteiger partial charge in [0.25, 0.3) is 0 Å². The summed E-state index contributed by atoms with van der Waals surface area (Å²) >= 11 is 0. The molecule has 2 heterocycles. The third-order valence-electron chi connectivity index (χ3n) is 4.91. The summed E-state index contributed by atoms with van der Waals surface area (Å²) in [6, 6.07) is 8.68. The first kappa shape index (κ1) is 15.5. The van der Waals surface area contributed by atoms with E-state index >= 15 is 0 Å². The van der Waals surface area contributed by atoms with E-state index in [9.17, 15) is 4.79 Å². The van der Waals surface area contributed by atoms with E-state index in [-0.39, 0.29) is 5.91 Å². The average Bonchev–Trinajstić information content (AvgIpc) is 3.02. The van der Waals surface area contributed by atoms with Crippen molar-refractivity contribution in [2.24, 2.45) is 0 Å². The molecule has 4 nitrogen and oxygen atoms in total. The largest absolute Gasteiger partial charge is 0.378 e. The molecule has 22 heavy (non-hydrogen) atoms. The highest BCUT2D eigenvalue weighted by molar-refractivity contribution is 5.76. The van der Waals surface area contributed by atoms with Crippen LogP contribution >= 0.6 is 0 Å². The van der Waals surface area contributed by atoms with E-state index in [0.29, 0.717) is 25.6 Å². The van der Waals surface area contributed by atoms with Gasteiger partial charge in [0.2, 0.25) is 5.91 Å². The number of hydrogen-bond donors (Lipinski definition) is 0. The molecule has 1 amide bonds. The zero-order chi connectivity index (χ0) is 15.4. The third-order valence-corrected chi connectivity index (χ3v) is 4.91. The zero-order valence-corrected chi connectivity index (χ0v) is 13.5. The second-order valence-corrected chi connectivity index (χ2v) is 6.39. The van der Waals surface area contributed by atoms with Gasteiger partial charge >= 0.3 is 0 Å². The van der Waals surface area contributed by atoms with Crippen LogP contribution in [0.1, 0.15) is 29.9 Å². The summed E-state index contributed by atoms with van der Waals surface area (Å²) in [5, 5.41) is 0. The SMILES string of the molecule is Cc1ccccc1[C@@H]1CCN(CCC(=O)N2CCOCC2)C1. The fraction of sp³-hybridized carbons (Fsp3) is 0.611. The molecule has 1 aromatic carbocycles. The number of ether oxygens (including phenoxy) is 1. The van der Waals surface area contributed by atoms with Crippen LogP contribution in [0.15, 0.2) is 24.3 Å². The molecule has 3 rings (SSSR count). The van der Waals surface area contributed by atoms with Crippen molar-refractivity contribution in [2.45, 2.75) is 25.7 Å². The Morgan fingerprint density at radius 2 is 2.00 bits per heavy atom. The van der Waals surface area contributed by atoms with E-state index in [1.54, 1.807) is 0 Å². The van der Waals surface area contributed by atoms with Crippen molar-refractivity contribution in [1.82, 2.24) is 9.80 Å². The highest BCUT2D eigenvalue weighted by Crippen LogP contribution is 2.29. The minimum atomic E-state index is 0.280. The molecule has 2 aliphatic rings. The normalized spacial score (nSPS) is 23.0. The Balaban J connectivity index is 1.47. The van der Waals surface area contributed by atoms with Gasteiger partial charge < -0.3 is 14.5 Å². The van der Waals surface area contributed by atoms with Crippen LogP contribution < -0.4 is 0 Å². The molecule has 0 aromatic heterocycles. The van der Waals surface area contributed by atoms with Crippen LogP contribution in [0.3, 0.4) is 0 Å². The summed E-state index contributed by atoms with van der Waals surface area (Å²) in [6.07, 6.45) is 1.84. The number of carbonyl (C=O) groups excluding carboxylic acids is 1. The summed E-state index contributed by atoms with van der Waals surface area (Å²) in [4.78, 5) is 16.6. The van der Waals surface area contributed by atoms with E-state index < -0.39 is 0 Å². The quantitative estimate of drug-likeness (QED) is 0.853. The van der Waals surface area contributed by atoms with Crippen molar-refractivity contribution < 1.29 is 9.53 Å². The molecule has 1 atom stereocenters. The van der Waals surface area contributed by atoms with Crippen LogP contribution in [0.5, 0.6) is 0 Å². The fourth-order valence-corrected chi connectivity index (χ4v) is 3.56. The molecule has 0 saturated carbocycles. The Hall–Kier alpha value is -1.39. The van der Waals surface area contributed by atoms with E-state index in [0.717, 1.165) is 32.7 Å². The number of morpholine rings is 1. The molecule has 0 bridgehead atoms. The van der Waals surface area contributed by atoms with Gasteiger partial charge in [-0.3, -0.25) is 4.79 Å². The van der Waals surface area contributed by atoms with Gasteiger partial charge in [0.05, 0.1) is 13.2 Å². The van der Waals surface area contributed by atoms with Gasteiger partial charge in [0.15, 0.2) is 0 Å². The van der Waals surface area contributed by atoms with Gasteiger partial charge in [-0.1, -0.05) is 24.3 Å². The van der Waals surface area contributed by atoms with Crippen molar-refractivity contribution in [3.05, 3.63) is 35.4 Å². The predicted octanol–water partition coefficient (Wildman–Crippen LogP) is 2.03. The zero-order valence-electron chi connectivity index (χ0n) is 13.5. The molecular formula is C18H26N2O2. The second kappa shape index (κ2) is 7.25. The highest BCUT2D eigenvalue weighted by atomic mass is 16.5. The lowest BCUT2D eigenvalue weighted by molar-refractivity contribution is -0.135. The Morgan fingerprint density at radius 3 is 2.77 bits per heavy atom. The molecular weight excluding hydrogens is 276 g/mol. The van der Waals surface area contributed by atoms with Crippen LogP contribution in [-0.2, 0) is 9.53 Å². The molecule has 0 spiro atoms. The van der Waals surface area contributed by atoms with Gasteiger partial charge in [0.1, 0.15) is 0 Å². The molecule has 2 saturated heterocycles. The maximum absolute atomic E-state index is 12.2. The molecule has 4 heteroatoms. The summed E-state index contributed by atoms with van der Waals surface area (Å²) in [5.74, 6) is 0.905. The highest BCUT2D eigenvalue weighted by Gasteiger charge is 2.25. The first-order chi connectivity index (χ1) is 10.7. The number of nitrogens with zero attached hydrogens (tertiary/aromatic N) is 2. The third kappa shape index (κ3) is 3.68. The Kier molecular flexibility index (Phi) is 5.11. The lowest BCUT2D eigenvalue weighted by Gasteiger charge is -2.27. The van der Waals surface area contributed by atoms with Crippen LogP contribution in [0, 0.1) is 6.92 Å². The monoisotopic (exact) mass is 302 g/mol. The average molecular weight is 302 g/mol. The molecule has 0 radical (unpaired) electrons. The molecule has 2 aliphatic heterocycles. The minimum Gasteiger partial charge on any atom is -0.378 e. The van der Waals surface area contributed by atoms with Gasteiger partial charge in [-0.05, 0) is 36.9 Å². The maximum Gasteiger partial charge on any atom is 0.224 e. The van der Waals surface area contributed by atoms with Crippen LogP contribution in [0.25, 0.3) is 0 Å². The smallest absolute Gasteiger partial charge is 0.224 e. The fourth-order valence-electron chi connectivity index (χ4n) is 3.56. The molecule has 0 N–H and O–H groups in total. The molecule has 120 valence electrons. The number of hydrogen-bond acceptors (Lipinski definition) is 3. The standard InChI is InChI=1S/C18H26N2O2/c1-15-4-2-3-5-17(15)16-6-8-19(14-16)9-7-18(21)20-10-12-22-13-11-20/h2-5,16H,6-14H2,1H3/t16-/m1/s1. The summed E-state index contributed by atoms with van der Waals surface area (Å²) in [5.41, 5.74) is 2.86. The summed E-state index contributed by atoms with van der Waals surface area (Å²) in [6.45, 7) is 8.15. The van der Waals surface area contributed by atoms with Gasteiger partial charge in [-0.2, -0.15) is 0 Å². The van der Waals surface area contributed by atoms with Crippen LogP contribution in [-0.4, -0.2) is 61.6 Å². The van der Waals surface area contributed by atoms with Crippen molar-refractivity contribution >= 4 is 5.91 Å². The number of likely N-dealkylation sites (tertiary alicyclic amines) is 1. The Labute approximate surface area is 133 Å². The number of carbonyl (C=O) groups is 1. The van der Waals surface area contributed by atoms with E-state index in [2.05, 4.69) is 36.1 Å². The number of rotatable bonds is 4. The van der Waals surface area contributed by atoms with E-state index in [4.69, 9.17) is 4.74 Å². The van der Waals surface area contributed by atoms with Crippen molar-refractivity contribution in [2.75, 3.05) is 45.9 Å². The minimum absolute atomic E-state index is 0.280. The number of benzene rings is 1. The molecule has 0 aliphatic carbocycles. The molecule has 1 aromatic rings. The summed E-state index contributed by atoms with van der Waals surface area (Å²) < 4.78 is 5.30. The van der Waals surface area contributed by atoms with Crippen molar-refractivity contribution in [3.63, 3.8) is 0 Å². The van der Waals surface area contributed by atoms with Crippen LogP contribution in [0.2, 0.25) is 0 Å². The first-order valence-electron chi connectivity index (χ1n) is 8.37. The lowest BCUT2D eigenvalue weighted by atomic mass is 9.94. The molecule has 0 unspecified atom stereocenters. The van der Waals surface area contributed by atoms with Gasteiger partial charge in [-0.15, -0.1) is 0 Å². The van der Waals surface area contributed by atoms with Crippen LogP contribution in [0.4, 0.5) is 0 Å². The summed E-state index contributed by atoms with van der Waals surface area (Å²) in [7, 11) is 0. The second-order valence-electron chi connectivity index (χ2n) is 6.39. The Morgan fingerprint density at radius 1 is 1.23 bits per heavy atom. The molecule has 2 fully saturated rings. The van der Waals surface area contributed by atoms with Crippen molar-refractivity contribution in [1.29, 1.82) is 0 Å². The first-order valence-corrected chi connectivity index (χ1v) is 8.37. The maximum atomic E-state index is 12.2. The Bertz CT molecular complexity index is 512. The van der Waals surface area contributed by atoms with Gasteiger partial charge in [-0.25, -0.2) is 0 Å². The lowest BCUT2D eigenvalue weighted by Crippen LogP contribution is -2.41. The predicted molar refractivity (Wildman–Crippen MR) is 87.0 cm³/mol. The van der Waals surface area contributed by atoms with E-state index in [1.807, 2.05) is 4.90 Å². The van der Waals surface area contributed by atoms with Crippen molar-refractivity contribution in [3.8, 4) is 0 Å². The van der Waals surface area contributed by atoms with E-state index in [1.165, 1.54) is 17.5 Å². The van der Waals surface area contributed by atoms with Gasteiger partial charge in [0, 0.05) is 32.6 Å².